The number of nitriles is 1. The molecule has 1 N–H and O–H groups in total. The Labute approximate surface area is 113 Å². The van der Waals surface area contributed by atoms with Gasteiger partial charge in [0.25, 0.3) is 0 Å². The van der Waals surface area contributed by atoms with Crippen LogP contribution < -0.4 is 10.4 Å². The van der Waals surface area contributed by atoms with E-state index in [9.17, 15) is 4.79 Å². The summed E-state index contributed by atoms with van der Waals surface area (Å²) in [5, 5.41) is 10.8. The molecular formula is C15H17N3O. The number of benzene rings is 1. The highest BCUT2D eigenvalue weighted by Gasteiger charge is 2.13. The minimum Gasteiger partial charge on any atom is -0.273 e. The van der Waals surface area contributed by atoms with Crippen molar-refractivity contribution in [2.45, 2.75) is 26.7 Å². The van der Waals surface area contributed by atoms with Crippen molar-refractivity contribution in [2.24, 2.45) is 5.92 Å². The summed E-state index contributed by atoms with van der Waals surface area (Å²) in [5.41, 5.74) is 5.30. The van der Waals surface area contributed by atoms with Crippen LogP contribution in [0, 0.1) is 17.2 Å². The number of hydrogen-bond acceptors (Lipinski definition) is 3. The number of rotatable bonds is 3. The predicted octanol–water partition coefficient (Wildman–Crippen LogP) is 2.51. The summed E-state index contributed by atoms with van der Waals surface area (Å²) in [7, 11) is 0. The van der Waals surface area contributed by atoms with Gasteiger partial charge in [0.2, 0.25) is 5.91 Å². The summed E-state index contributed by atoms with van der Waals surface area (Å²) in [6, 6.07) is 7.86. The second kappa shape index (κ2) is 5.57. The van der Waals surface area contributed by atoms with Crippen molar-refractivity contribution >= 4 is 11.6 Å². The average molecular weight is 255 g/mol. The summed E-state index contributed by atoms with van der Waals surface area (Å²) >= 11 is 0. The SMILES string of the molecule is CC(C)Cc1cc(C#N)cc(N2C=CCC(=O)N2)c1. The molecule has 1 heterocycles. The summed E-state index contributed by atoms with van der Waals surface area (Å²) in [4.78, 5) is 11.4. The second-order valence-corrected chi connectivity index (χ2v) is 5.09. The van der Waals surface area contributed by atoms with Crippen LogP contribution in [-0.4, -0.2) is 5.91 Å². The van der Waals surface area contributed by atoms with E-state index < -0.39 is 0 Å². The maximum atomic E-state index is 11.4. The van der Waals surface area contributed by atoms with Gasteiger partial charge in [-0.2, -0.15) is 5.26 Å². The lowest BCUT2D eigenvalue weighted by Gasteiger charge is -2.25. The van der Waals surface area contributed by atoms with Gasteiger partial charge in [0.15, 0.2) is 0 Å². The topological polar surface area (TPSA) is 56.1 Å². The first kappa shape index (κ1) is 13.2. The maximum absolute atomic E-state index is 11.4. The molecule has 0 spiro atoms. The van der Waals surface area contributed by atoms with E-state index in [4.69, 9.17) is 5.26 Å². The molecule has 0 fully saturated rings. The molecule has 1 aromatic carbocycles. The second-order valence-electron chi connectivity index (χ2n) is 5.09. The monoisotopic (exact) mass is 255 g/mol. The van der Waals surface area contributed by atoms with Crippen LogP contribution in [0.1, 0.15) is 31.4 Å². The summed E-state index contributed by atoms with van der Waals surface area (Å²) < 4.78 is 0. The number of hydrogen-bond donors (Lipinski definition) is 1. The Morgan fingerprint density at radius 3 is 2.84 bits per heavy atom. The fourth-order valence-electron chi connectivity index (χ4n) is 2.10. The van der Waals surface area contributed by atoms with E-state index in [2.05, 4.69) is 25.3 Å². The third-order valence-corrected chi connectivity index (χ3v) is 2.83. The standard InChI is InChI=1S/C15H17N3O/c1-11(2)6-12-7-13(10-16)9-14(8-12)18-5-3-4-15(19)17-18/h3,5,7-9,11H,4,6H2,1-2H3,(H,17,19). The number of nitrogens with one attached hydrogen (secondary N) is 1. The molecule has 0 aromatic heterocycles. The van der Waals surface area contributed by atoms with Gasteiger partial charge in [-0.05, 0) is 36.1 Å². The van der Waals surface area contributed by atoms with Gasteiger partial charge < -0.3 is 0 Å². The third kappa shape index (κ3) is 3.35. The van der Waals surface area contributed by atoms with E-state index in [1.807, 2.05) is 18.3 Å². The van der Waals surface area contributed by atoms with Crippen molar-refractivity contribution in [3.05, 3.63) is 41.6 Å². The molecule has 19 heavy (non-hydrogen) atoms. The first-order valence-corrected chi connectivity index (χ1v) is 6.38. The van der Waals surface area contributed by atoms with Crippen LogP contribution in [-0.2, 0) is 11.2 Å². The first-order chi connectivity index (χ1) is 9.08. The van der Waals surface area contributed by atoms with Crippen LogP contribution in [0.3, 0.4) is 0 Å². The lowest BCUT2D eigenvalue weighted by atomic mass is 10.0. The van der Waals surface area contributed by atoms with Gasteiger partial charge in [-0.1, -0.05) is 19.9 Å². The first-order valence-electron chi connectivity index (χ1n) is 6.38. The molecule has 4 nitrogen and oxygen atoms in total. The number of carbonyl (C=O) groups is 1. The zero-order valence-corrected chi connectivity index (χ0v) is 11.2. The third-order valence-electron chi connectivity index (χ3n) is 2.83. The van der Waals surface area contributed by atoms with Crippen LogP contribution in [0.2, 0.25) is 0 Å². The molecular weight excluding hydrogens is 238 g/mol. The van der Waals surface area contributed by atoms with Crippen molar-refractivity contribution < 1.29 is 4.79 Å². The lowest BCUT2D eigenvalue weighted by Crippen LogP contribution is -2.40. The number of anilines is 1. The van der Waals surface area contributed by atoms with Crippen LogP contribution >= 0.6 is 0 Å². The summed E-state index contributed by atoms with van der Waals surface area (Å²) in [6.45, 7) is 4.28. The van der Waals surface area contributed by atoms with Gasteiger partial charge in [0, 0.05) is 12.6 Å². The lowest BCUT2D eigenvalue weighted by molar-refractivity contribution is -0.120. The fraction of sp³-hybridized carbons (Fsp3) is 0.333. The van der Waals surface area contributed by atoms with E-state index >= 15 is 0 Å². The largest absolute Gasteiger partial charge is 0.273 e. The molecule has 0 saturated heterocycles. The van der Waals surface area contributed by atoms with Crippen molar-refractivity contribution in [3.8, 4) is 6.07 Å². The average Bonchev–Trinajstić information content (AvgIpc) is 2.37. The van der Waals surface area contributed by atoms with E-state index in [0.717, 1.165) is 17.7 Å². The molecule has 0 unspecified atom stereocenters. The minimum atomic E-state index is -0.0460. The quantitative estimate of drug-likeness (QED) is 0.902. The molecule has 4 heteroatoms. The molecule has 0 saturated carbocycles. The summed E-state index contributed by atoms with van der Waals surface area (Å²) in [5.74, 6) is 0.476. The van der Waals surface area contributed by atoms with Gasteiger partial charge in [-0.3, -0.25) is 15.2 Å². The number of amides is 1. The van der Waals surface area contributed by atoms with Crippen LogP contribution in [0.5, 0.6) is 0 Å². The molecule has 0 bridgehead atoms. The molecule has 2 rings (SSSR count). The Morgan fingerprint density at radius 1 is 1.42 bits per heavy atom. The highest BCUT2D eigenvalue weighted by molar-refractivity contribution is 5.81. The Hall–Kier alpha value is -2.28. The van der Waals surface area contributed by atoms with E-state index in [1.165, 1.54) is 0 Å². The fourth-order valence-corrected chi connectivity index (χ4v) is 2.10. The van der Waals surface area contributed by atoms with Gasteiger partial charge in [0.05, 0.1) is 17.3 Å². The molecule has 0 aliphatic carbocycles. The summed E-state index contributed by atoms with van der Waals surface area (Å²) in [6.07, 6.45) is 4.93. The van der Waals surface area contributed by atoms with Gasteiger partial charge in [-0.25, -0.2) is 0 Å². The van der Waals surface area contributed by atoms with Crippen LogP contribution in [0.4, 0.5) is 5.69 Å². The Balaban J connectivity index is 2.34. The maximum Gasteiger partial charge on any atom is 0.242 e. The molecule has 98 valence electrons. The van der Waals surface area contributed by atoms with Gasteiger partial charge in [0.1, 0.15) is 0 Å². The normalized spacial score (nSPS) is 14.4. The Kier molecular flexibility index (Phi) is 3.86. The zero-order chi connectivity index (χ0) is 13.8. The smallest absolute Gasteiger partial charge is 0.242 e. The van der Waals surface area contributed by atoms with Gasteiger partial charge >= 0.3 is 0 Å². The van der Waals surface area contributed by atoms with Crippen LogP contribution in [0.15, 0.2) is 30.5 Å². The Bertz CT molecular complexity index is 555. The van der Waals surface area contributed by atoms with Crippen LogP contribution in [0.25, 0.3) is 0 Å². The van der Waals surface area contributed by atoms with Crippen molar-refractivity contribution in [1.29, 1.82) is 5.26 Å². The van der Waals surface area contributed by atoms with E-state index in [1.54, 1.807) is 17.2 Å². The zero-order valence-electron chi connectivity index (χ0n) is 11.2. The van der Waals surface area contributed by atoms with Crippen molar-refractivity contribution in [1.82, 2.24) is 5.43 Å². The molecule has 0 atom stereocenters. The van der Waals surface area contributed by atoms with Crippen molar-refractivity contribution in [3.63, 3.8) is 0 Å². The number of hydrazine groups is 1. The molecule has 1 aliphatic rings. The number of carbonyl (C=O) groups excluding carboxylic acids is 1. The molecule has 1 aliphatic heterocycles. The highest BCUT2D eigenvalue weighted by atomic mass is 16.2. The Morgan fingerprint density at radius 2 is 2.21 bits per heavy atom. The predicted molar refractivity (Wildman–Crippen MR) is 74.1 cm³/mol. The molecule has 1 amide bonds. The van der Waals surface area contributed by atoms with E-state index in [-0.39, 0.29) is 5.91 Å². The van der Waals surface area contributed by atoms with Crippen molar-refractivity contribution in [2.75, 3.05) is 5.01 Å². The van der Waals surface area contributed by atoms with Gasteiger partial charge in [-0.15, -0.1) is 0 Å². The minimum absolute atomic E-state index is 0.0460. The molecule has 1 aromatic rings. The number of nitrogens with zero attached hydrogens (tertiary/aromatic N) is 2. The molecule has 0 radical (unpaired) electrons. The van der Waals surface area contributed by atoms with E-state index in [0.29, 0.717) is 17.9 Å². The highest BCUT2D eigenvalue weighted by Crippen LogP contribution is 2.21.